The third-order valence-corrected chi connectivity index (χ3v) is 11.0. The summed E-state index contributed by atoms with van der Waals surface area (Å²) in [5, 5.41) is 0.858. The van der Waals surface area contributed by atoms with Crippen molar-refractivity contribution < 1.29 is 39.0 Å². The SMILES string of the molecule is COc1ccc([C@@H](Cc2c(Cl)c[nH+]cc2Cl)OC(=O)c2ccc(CN(C(=O)O[C@H]3CN4CCC3CC4)c3ccccn3)cc2)cc1OC1CCCC1.[OH-]. The molecule has 0 unspecified atom stereocenters. The Labute approximate surface area is 319 Å². The molecule has 4 aliphatic rings. The lowest BCUT2D eigenvalue weighted by molar-refractivity contribution is -0.377. The highest BCUT2D eigenvalue weighted by Gasteiger charge is 2.37. The van der Waals surface area contributed by atoms with Crippen LogP contribution in [0.3, 0.4) is 0 Å². The molecule has 8 rings (SSSR count). The van der Waals surface area contributed by atoms with Gasteiger partial charge in [-0.1, -0.05) is 47.5 Å². The standard InChI is InChI=1S/C40H42Cl2N4O6.H2O/c1-49-34-14-13-29(20-36(34)50-30-6-2-3-7-30)35(21-31-32(41)22-43-23-33(31)42)51-39(47)28-11-9-26(10-12-28)24-46(38-8-4-5-17-44-38)40(48)52-37-25-45-18-15-27(37)16-19-45;/h4-5,8-14,17,20,22-23,27,30,35,37H,2-3,6-7,15-16,18-19,21,24-25H2,1H3;1H2/t35-,37+;/m1./s1. The number of carbonyl (C=O) groups excluding carboxylic acids is 2. The number of aromatic nitrogens is 2. The molecule has 2 aromatic heterocycles. The summed E-state index contributed by atoms with van der Waals surface area (Å²) in [6.07, 6.45) is 10.2. The van der Waals surface area contributed by atoms with Gasteiger partial charge >= 0.3 is 12.1 Å². The second kappa shape index (κ2) is 17.6. The van der Waals surface area contributed by atoms with Crippen LogP contribution in [0.25, 0.3) is 0 Å². The van der Waals surface area contributed by atoms with Crippen LogP contribution in [0.15, 0.2) is 79.3 Å². The van der Waals surface area contributed by atoms with E-state index in [1.807, 2.05) is 42.5 Å². The van der Waals surface area contributed by atoms with Crippen molar-refractivity contribution >= 4 is 41.1 Å². The third kappa shape index (κ3) is 9.21. The zero-order chi connectivity index (χ0) is 36.0. The van der Waals surface area contributed by atoms with E-state index in [0.717, 1.165) is 63.7 Å². The molecule has 1 amide bonds. The van der Waals surface area contributed by atoms with Crippen LogP contribution in [0.4, 0.5) is 10.6 Å². The topological polar surface area (TPSA) is 135 Å². The number of carbonyl (C=O) groups is 2. The Morgan fingerprint density at radius 3 is 2.34 bits per heavy atom. The predicted octanol–water partition coefficient (Wildman–Crippen LogP) is 7.73. The number of fused-ring (bicyclic) bond motifs is 3. The molecule has 0 spiro atoms. The molecule has 1 aliphatic carbocycles. The van der Waals surface area contributed by atoms with Crippen molar-refractivity contribution in [3.05, 3.63) is 112 Å². The minimum absolute atomic E-state index is 0. The zero-order valence-corrected chi connectivity index (χ0v) is 31.1. The summed E-state index contributed by atoms with van der Waals surface area (Å²) < 4.78 is 24.3. The second-order valence-electron chi connectivity index (χ2n) is 13.7. The first-order valence-electron chi connectivity index (χ1n) is 17.9. The number of methoxy groups -OCH3 is 1. The molecule has 4 aromatic rings. The van der Waals surface area contributed by atoms with Crippen molar-refractivity contribution in [2.24, 2.45) is 5.92 Å². The molecule has 1 saturated carbocycles. The van der Waals surface area contributed by atoms with Gasteiger partial charge in [0, 0.05) is 24.7 Å². The maximum absolute atomic E-state index is 13.8. The smallest absolute Gasteiger partial charge is 0.416 e. The number of piperidine rings is 3. The Hall–Kier alpha value is -4.42. The van der Waals surface area contributed by atoms with E-state index in [1.54, 1.807) is 48.8 Å². The summed E-state index contributed by atoms with van der Waals surface area (Å²) in [6.45, 7) is 3.09. The number of amides is 1. The summed E-state index contributed by atoms with van der Waals surface area (Å²) in [6, 6.07) is 18.0. The van der Waals surface area contributed by atoms with Gasteiger partial charge in [0.2, 0.25) is 0 Å². The monoisotopic (exact) mass is 762 g/mol. The van der Waals surface area contributed by atoms with Gasteiger partial charge < -0.3 is 24.4 Å². The number of aromatic amines is 1. The van der Waals surface area contributed by atoms with Gasteiger partial charge in [-0.05, 0) is 105 Å². The Morgan fingerprint density at radius 1 is 0.962 bits per heavy atom. The minimum atomic E-state index is -0.748. The van der Waals surface area contributed by atoms with Crippen LogP contribution in [0.2, 0.25) is 10.0 Å². The van der Waals surface area contributed by atoms with E-state index < -0.39 is 18.2 Å². The number of esters is 1. The summed E-state index contributed by atoms with van der Waals surface area (Å²) >= 11 is 13.1. The van der Waals surface area contributed by atoms with E-state index >= 15 is 0 Å². The lowest BCUT2D eigenvalue weighted by Gasteiger charge is -2.44. The summed E-state index contributed by atoms with van der Waals surface area (Å²) in [5.74, 6) is 1.55. The molecule has 5 heterocycles. The van der Waals surface area contributed by atoms with Crippen molar-refractivity contribution in [2.45, 2.75) is 69.8 Å². The maximum atomic E-state index is 13.8. The number of nitrogens with one attached hydrogen (secondary N) is 1. The maximum Gasteiger partial charge on any atom is 0.416 e. The first-order chi connectivity index (χ1) is 25.3. The van der Waals surface area contributed by atoms with Gasteiger partial charge in [0.1, 0.15) is 28.1 Å². The highest BCUT2D eigenvalue weighted by atomic mass is 35.5. The van der Waals surface area contributed by atoms with Crippen LogP contribution in [0, 0.1) is 5.92 Å². The summed E-state index contributed by atoms with van der Waals surface area (Å²) in [4.78, 5) is 38.7. The van der Waals surface area contributed by atoms with Crippen LogP contribution in [-0.4, -0.2) is 66.4 Å². The first kappa shape index (κ1) is 38.3. The molecule has 0 radical (unpaired) electrons. The van der Waals surface area contributed by atoms with E-state index in [1.165, 1.54) is 0 Å². The molecule has 2 N–H and O–H groups in total. The number of anilines is 1. The normalized spacial score (nSPS) is 19.9. The van der Waals surface area contributed by atoms with E-state index in [2.05, 4.69) is 14.9 Å². The number of hydrogen-bond donors (Lipinski definition) is 0. The average molecular weight is 764 g/mol. The Balaban J connectivity index is 0.00000481. The van der Waals surface area contributed by atoms with Crippen LogP contribution >= 0.6 is 23.2 Å². The van der Waals surface area contributed by atoms with Gasteiger partial charge in [0.25, 0.3) is 0 Å². The number of benzene rings is 2. The predicted molar refractivity (Wildman–Crippen MR) is 199 cm³/mol. The lowest BCUT2D eigenvalue weighted by Crippen LogP contribution is -2.53. The van der Waals surface area contributed by atoms with E-state index in [4.69, 9.17) is 42.1 Å². The number of H-pyrrole nitrogens is 1. The van der Waals surface area contributed by atoms with Crippen LogP contribution in [0.5, 0.6) is 11.5 Å². The van der Waals surface area contributed by atoms with Gasteiger partial charge in [-0.15, -0.1) is 0 Å². The molecule has 13 heteroatoms. The Kier molecular flexibility index (Phi) is 12.7. The van der Waals surface area contributed by atoms with E-state index in [-0.39, 0.29) is 30.6 Å². The van der Waals surface area contributed by atoms with Gasteiger partial charge in [-0.25, -0.2) is 19.6 Å². The molecule has 280 valence electrons. The molecule has 2 aromatic carbocycles. The van der Waals surface area contributed by atoms with Crippen molar-refractivity contribution in [2.75, 3.05) is 31.6 Å². The average Bonchev–Trinajstić information content (AvgIpc) is 3.69. The fourth-order valence-electron chi connectivity index (χ4n) is 7.37. The lowest BCUT2D eigenvalue weighted by atomic mass is 9.86. The second-order valence-corrected chi connectivity index (χ2v) is 14.5. The Bertz CT molecular complexity index is 1830. The van der Waals surface area contributed by atoms with E-state index in [0.29, 0.717) is 50.0 Å². The number of nitrogens with zero attached hydrogens (tertiary/aromatic N) is 3. The largest absolute Gasteiger partial charge is 0.870 e. The van der Waals surface area contributed by atoms with Gasteiger partial charge in [0.05, 0.1) is 25.3 Å². The number of ether oxygens (including phenoxy) is 4. The molecular weight excluding hydrogens is 719 g/mol. The van der Waals surface area contributed by atoms with Crippen molar-refractivity contribution in [1.82, 2.24) is 9.88 Å². The highest BCUT2D eigenvalue weighted by molar-refractivity contribution is 6.35. The molecule has 2 bridgehead atoms. The molecule has 11 nitrogen and oxygen atoms in total. The van der Waals surface area contributed by atoms with Gasteiger partial charge in [-0.3, -0.25) is 9.80 Å². The van der Waals surface area contributed by atoms with Crippen LogP contribution in [-0.2, 0) is 22.4 Å². The zero-order valence-electron chi connectivity index (χ0n) is 29.6. The van der Waals surface area contributed by atoms with Gasteiger partial charge in [-0.2, -0.15) is 0 Å². The van der Waals surface area contributed by atoms with Crippen molar-refractivity contribution in [3.63, 3.8) is 0 Å². The molecular formula is C40H44Cl2N4O7. The molecule has 2 atom stereocenters. The quantitative estimate of drug-likeness (QED) is 0.133. The van der Waals surface area contributed by atoms with Crippen LogP contribution < -0.4 is 19.4 Å². The number of pyridine rings is 2. The Morgan fingerprint density at radius 2 is 1.70 bits per heavy atom. The molecule has 4 fully saturated rings. The van der Waals surface area contributed by atoms with E-state index in [9.17, 15) is 9.59 Å². The fraction of sp³-hybridized carbons (Fsp3) is 0.400. The van der Waals surface area contributed by atoms with Crippen molar-refractivity contribution in [1.29, 1.82) is 0 Å². The highest BCUT2D eigenvalue weighted by Crippen LogP contribution is 2.37. The minimum Gasteiger partial charge on any atom is -0.870 e. The number of halogens is 2. The van der Waals surface area contributed by atoms with Crippen molar-refractivity contribution in [3.8, 4) is 11.5 Å². The summed E-state index contributed by atoms with van der Waals surface area (Å²) in [5.41, 5.74) is 2.50. The van der Waals surface area contributed by atoms with Gasteiger partial charge in [0.15, 0.2) is 23.9 Å². The number of hydrogen-bond acceptors (Lipinski definition) is 9. The summed E-state index contributed by atoms with van der Waals surface area (Å²) in [7, 11) is 1.61. The molecule has 3 saturated heterocycles. The van der Waals surface area contributed by atoms with Crippen LogP contribution in [0.1, 0.15) is 71.7 Å². The first-order valence-corrected chi connectivity index (χ1v) is 18.7. The third-order valence-electron chi connectivity index (χ3n) is 10.3. The fourth-order valence-corrected chi connectivity index (χ4v) is 7.90. The molecule has 53 heavy (non-hydrogen) atoms. The molecule has 3 aliphatic heterocycles. The number of rotatable bonds is 12.